The molecule has 1 atom stereocenters. The number of nitrogens with two attached hydrogens (primary N) is 1. The summed E-state index contributed by atoms with van der Waals surface area (Å²) in [5, 5.41) is 1.07. The van der Waals surface area contributed by atoms with Crippen LogP contribution in [-0.4, -0.2) is 4.98 Å². The van der Waals surface area contributed by atoms with E-state index < -0.39 is 0 Å². The summed E-state index contributed by atoms with van der Waals surface area (Å²) in [4.78, 5) is 5.39. The standard InChI is InChI=1S/C10H17N3S/c1-4-7(2)5-9(13-11)10-6-12-8(3)14-10/h6,9,13H,2,4-5,11H2,1,3H3. The van der Waals surface area contributed by atoms with Gasteiger partial charge in [-0.3, -0.25) is 11.3 Å². The molecule has 0 radical (unpaired) electrons. The van der Waals surface area contributed by atoms with E-state index in [9.17, 15) is 0 Å². The number of hydrogen-bond donors (Lipinski definition) is 2. The molecule has 14 heavy (non-hydrogen) atoms. The highest BCUT2D eigenvalue weighted by molar-refractivity contribution is 7.11. The number of nitrogens with one attached hydrogen (secondary N) is 1. The van der Waals surface area contributed by atoms with Gasteiger partial charge in [-0.05, 0) is 19.8 Å². The van der Waals surface area contributed by atoms with Gasteiger partial charge in [-0.25, -0.2) is 4.98 Å². The van der Waals surface area contributed by atoms with Crippen LogP contribution in [0.15, 0.2) is 18.3 Å². The van der Waals surface area contributed by atoms with E-state index in [0.717, 1.165) is 17.8 Å². The van der Waals surface area contributed by atoms with Crippen molar-refractivity contribution in [1.82, 2.24) is 10.4 Å². The third kappa shape index (κ3) is 2.90. The predicted molar refractivity (Wildman–Crippen MR) is 61.0 cm³/mol. The Balaban J connectivity index is 2.67. The molecule has 3 nitrogen and oxygen atoms in total. The van der Waals surface area contributed by atoms with Gasteiger partial charge in [-0.15, -0.1) is 11.3 Å². The van der Waals surface area contributed by atoms with Crippen molar-refractivity contribution in [3.63, 3.8) is 0 Å². The lowest BCUT2D eigenvalue weighted by Gasteiger charge is -2.14. The van der Waals surface area contributed by atoms with Crippen molar-refractivity contribution >= 4 is 11.3 Å². The molecule has 0 aliphatic carbocycles. The minimum atomic E-state index is 0.161. The van der Waals surface area contributed by atoms with Gasteiger partial charge < -0.3 is 0 Å². The average Bonchev–Trinajstić information content (AvgIpc) is 2.60. The second-order valence-electron chi connectivity index (χ2n) is 3.31. The highest BCUT2D eigenvalue weighted by atomic mass is 32.1. The number of nitrogens with zero attached hydrogens (tertiary/aromatic N) is 1. The summed E-state index contributed by atoms with van der Waals surface area (Å²) in [6.07, 6.45) is 3.76. The normalized spacial score (nSPS) is 12.8. The van der Waals surface area contributed by atoms with Gasteiger partial charge in [0.1, 0.15) is 0 Å². The van der Waals surface area contributed by atoms with E-state index in [4.69, 9.17) is 5.84 Å². The predicted octanol–water partition coefficient (Wildman–Crippen LogP) is 2.31. The first-order chi connectivity index (χ1) is 6.67. The molecule has 78 valence electrons. The molecule has 0 saturated carbocycles. The Bertz CT molecular complexity index is 306. The van der Waals surface area contributed by atoms with Crippen LogP contribution in [0.4, 0.5) is 0 Å². The van der Waals surface area contributed by atoms with Crippen LogP contribution in [0.5, 0.6) is 0 Å². The van der Waals surface area contributed by atoms with Crippen LogP contribution in [0.3, 0.4) is 0 Å². The summed E-state index contributed by atoms with van der Waals surface area (Å²) in [6, 6.07) is 0.161. The first-order valence-corrected chi connectivity index (χ1v) is 5.54. The van der Waals surface area contributed by atoms with Crippen molar-refractivity contribution in [3.8, 4) is 0 Å². The van der Waals surface area contributed by atoms with Crippen LogP contribution >= 0.6 is 11.3 Å². The third-order valence-corrected chi connectivity index (χ3v) is 3.20. The number of hydrazine groups is 1. The number of rotatable bonds is 5. The molecule has 0 aliphatic heterocycles. The molecular formula is C10H17N3S. The van der Waals surface area contributed by atoms with Crippen LogP contribution in [-0.2, 0) is 0 Å². The van der Waals surface area contributed by atoms with Gasteiger partial charge in [0, 0.05) is 11.1 Å². The van der Waals surface area contributed by atoms with Crippen molar-refractivity contribution in [1.29, 1.82) is 0 Å². The zero-order valence-corrected chi connectivity index (χ0v) is 9.53. The summed E-state index contributed by atoms with van der Waals surface area (Å²) in [7, 11) is 0. The molecule has 0 spiro atoms. The molecule has 0 fully saturated rings. The van der Waals surface area contributed by atoms with Crippen LogP contribution in [0.2, 0.25) is 0 Å². The Hall–Kier alpha value is -0.710. The van der Waals surface area contributed by atoms with E-state index in [1.807, 2.05) is 13.1 Å². The first-order valence-electron chi connectivity index (χ1n) is 4.72. The smallest absolute Gasteiger partial charge is 0.0897 e. The fraction of sp³-hybridized carbons (Fsp3) is 0.500. The number of thiazole rings is 1. The SMILES string of the molecule is C=C(CC)CC(NN)c1cnc(C)s1. The molecule has 0 aliphatic rings. The lowest BCUT2D eigenvalue weighted by Crippen LogP contribution is -2.27. The van der Waals surface area contributed by atoms with E-state index in [1.165, 1.54) is 10.5 Å². The van der Waals surface area contributed by atoms with Crippen molar-refractivity contribution in [3.05, 3.63) is 28.2 Å². The molecule has 0 amide bonds. The topological polar surface area (TPSA) is 50.9 Å². The number of aryl methyl sites for hydroxylation is 1. The Kier molecular flexibility index (Phi) is 4.25. The highest BCUT2D eigenvalue weighted by Gasteiger charge is 2.12. The molecule has 1 aromatic heterocycles. The second kappa shape index (κ2) is 5.24. The molecule has 0 saturated heterocycles. The minimum absolute atomic E-state index is 0.161. The molecule has 0 bridgehead atoms. The van der Waals surface area contributed by atoms with E-state index in [0.29, 0.717) is 0 Å². The van der Waals surface area contributed by atoms with Crippen LogP contribution in [0.1, 0.15) is 35.7 Å². The van der Waals surface area contributed by atoms with Crippen LogP contribution in [0.25, 0.3) is 0 Å². The van der Waals surface area contributed by atoms with Crippen LogP contribution < -0.4 is 11.3 Å². The molecule has 1 rings (SSSR count). The number of hydrogen-bond acceptors (Lipinski definition) is 4. The lowest BCUT2D eigenvalue weighted by atomic mass is 10.1. The summed E-state index contributed by atoms with van der Waals surface area (Å²) in [6.45, 7) is 8.08. The lowest BCUT2D eigenvalue weighted by molar-refractivity contribution is 0.552. The molecule has 4 heteroatoms. The van der Waals surface area contributed by atoms with Crippen molar-refractivity contribution in [2.24, 2.45) is 5.84 Å². The molecule has 1 aromatic rings. The fourth-order valence-corrected chi connectivity index (χ4v) is 2.06. The molecule has 0 aromatic carbocycles. The van der Waals surface area contributed by atoms with E-state index in [1.54, 1.807) is 11.3 Å². The van der Waals surface area contributed by atoms with Crippen LogP contribution in [0, 0.1) is 6.92 Å². The number of aromatic nitrogens is 1. The van der Waals surface area contributed by atoms with Gasteiger partial charge in [0.25, 0.3) is 0 Å². The van der Waals surface area contributed by atoms with E-state index in [-0.39, 0.29) is 6.04 Å². The Morgan fingerprint density at radius 3 is 2.93 bits per heavy atom. The van der Waals surface area contributed by atoms with Crippen molar-refractivity contribution < 1.29 is 0 Å². The molecule has 1 heterocycles. The largest absolute Gasteiger partial charge is 0.271 e. The van der Waals surface area contributed by atoms with Crippen molar-refractivity contribution in [2.75, 3.05) is 0 Å². The summed E-state index contributed by atoms with van der Waals surface area (Å²) >= 11 is 1.68. The molecule has 1 unspecified atom stereocenters. The molecule has 3 N–H and O–H groups in total. The molecular weight excluding hydrogens is 194 g/mol. The summed E-state index contributed by atoms with van der Waals surface area (Å²) < 4.78 is 0. The Morgan fingerprint density at radius 1 is 1.79 bits per heavy atom. The van der Waals surface area contributed by atoms with Gasteiger partial charge >= 0.3 is 0 Å². The minimum Gasteiger partial charge on any atom is -0.271 e. The maximum Gasteiger partial charge on any atom is 0.0897 e. The van der Waals surface area contributed by atoms with Gasteiger partial charge in [-0.1, -0.05) is 19.1 Å². The van der Waals surface area contributed by atoms with Gasteiger partial charge in [0.15, 0.2) is 0 Å². The zero-order chi connectivity index (χ0) is 10.6. The Morgan fingerprint density at radius 2 is 2.50 bits per heavy atom. The fourth-order valence-electron chi connectivity index (χ4n) is 1.21. The second-order valence-corrected chi connectivity index (χ2v) is 4.57. The average molecular weight is 211 g/mol. The highest BCUT2D eigenvalue weighted by Crippen LogP contribution is 2.25. The maximum absolute atomic E-state index is 5.50. The quantitative estimate of drug-likeness (QED) is 0.446. The summed E-state index contributed by atoms with van der Waals surface area (Å²) in [5.74, 6) is 5.50. The van der Waals surface area contributed by atoms with Gasteiger partial charge in [-0.2, -0.15) is 0 Å². The summed E-state index contributed by atoms with van der Waals surface area (Å²) in [5.41, 5.74) is 4.01. The van der Waals surface area contributed by atoms with Gasteiger partial charge in [0.05, 0.1) is 11.0 Å². The zero-order valence-electron chi connectivity index (χ0n) is 8.71. The van der Waals surface area contributed by atoms with E-state index >= 15 is 0 Å². The monoisotopic (exact) mass is 211 g/mol. The first kappa shape index (κ1) is 11.4. The Labute approximate surface area is 89.0 Å². The van der Waals surface area contributed by atoms with E-state index in [2.05, 4.69) is 23.9 Å². The maximum atomic E-state index is 5.50. The third-order valence-electron chi connectivity index (χ3n) is 2.18. The van der Waals surface area contributed by atoms with Crippen molar-refractivity contribution in [2.45, 2.75) is 32.7 Å². The van der Waals surface area contributed by atoms with Gasteiger partial charge in [0.2, 0.25) is 0 Å².